The molecule has 0 aliphatic heterocycles. The molecule has 1 aromatic rings. The predicted molar refractivity (Wildman–Crippen MR) is 67.8 cm³/mol. The van der Waals surface area contributed by atoms with E-state index in [0.717, 1.165) is 18.7 Å². The molecule has 17 heavy (non-hydrogen) atoms. The second kappa shape index (κ2) is 6.87. The van der Waals surface area contributed by atoms with Crippen LogP contribution in [0.25, 0.3) is 0 Å². The van der Waals surface area contributed by atoms with Gasteiger partial charge in [0.2, 0.25) is 0 Å². The van der Waals surface area contributed by atoms with Crippen LogP contribution in [0.2, 0.25) is 0 Å². The molecule has 1 heterocycles. The van der Waals surface area contributed by atoms with Crippen LogP contribution in [0.5, 0.6) is 0 Å². The van der Waals surface area contributed by atoms with Crippen molar-refractivity contribution >= 4 is 5.82 Å². The summed E-state index contributed by atoms with van der Waals surface area (Å²) in [7, 11) is 0. The van der Waals surface area contributed by atoms with Crippen LogP contribution < -0.4 is 4.90 Å². The normalized spacial score (nSPS) is 10.3. The van der Waals surface area contributed by atoms with Crippen molar-refractivity contribution < 1.29 is 5.11 Å². The predicted octanol–water partition coefficient (Wildman–Crippen LogP) is 1.94. The summed E-state index contributed by atoms with van der Waals surface area (Å²) in [4.78, 5) is 6.38. The van der Waals surface area contributed by atoms with Crippen molar-refractivity contribution in [2.75, 3.05) is 18.1 Å². The van der Waals surface area contributed by atoms with E-state index >= 15 is 0 Å². The van der Waals surface area contributed by atoms with E-state index in [9.17, 15) is 0 Å². The van der Waals surface area contributed by atoms with E-state index in [2.05, 4.69) is 29.8 Å². The lowest BCUT2D eigenvalue weighted by Gasteiger charge is -2.31. The molecule has 0 aliphatic carbocycles. The first kappa shape index (κ1) is 13.5. The summed E-state index contributed by atoms with van der Waals surface area (Å²) in [6.45, 7) is 4.94. The number of rotatable bonds is 6. The number of nitrogens with zero attached hydrogens (tertiary/aromatic N) is 3. The van der Waals surface area contributed by atoms with Crippen molar-refractivity contribution in [3.8, 4) is 6.07 Å². The minimum absolute atomic E-state index is 0.109. The third kappa shape index (κ3) is 3.43. The van der Waals surface area contributed by atoms with E-state index in [-0.39, 0.29) is 6.61 Å². The van der Waals surface area contributed by atoms with Gasteiger partial charge in [0.25, 0.3) is 0 Å². The molecular formula is C13H19N3O. The molecule has 92 valence electrons. The van der Waals surface area contributed by atoms with Gasteiger partial charge >= 0.3 is 0 Å². The van der Waals surface area contributed by atoms with Crippen LogP contribution in [-0.2, 0) is 0 Å². The van der Waals surface area contributed by atoms with Crippen LogP contribution >= 0.6 is 0 Å². The average molecular weight is 233 g/mol. The second-order valence-corrected chi connectivity index (χ2v) is 3.90. The number of aliphatic hydroxyl groups excluding tert-OH is 1. The van der Waals surface area contributed by atoms with Gasteiger partial charge in [0.05, 0.1) is 12.2 Å². The maximum Gasteiger partial charge on any atom is 0.128 e. The molecule has 1 N–H and O–H groups in total. The van der Waals surface area contributed by atoms with Gasteiger partial charge in [0.15, 0.2) is 0 Å². The minimum Gasteiger partial charge on any atom is -0.395 e. The van der Waals surface area contributed by atoms with Crippen molar-refractivity contribution in [1.29, 1.82) is 5.26 Å². The van der Waals surface area contributed by atoms with Crippen LogP contribution in [0.15, 0.2) is 18.3 Å². The molecule has 0 spiro atoms. The van der Waals surface area contributed by atoms with E-state index < -0.39 is 0 Å². The second-order valence-electron chi connectivity index (χ2n) is 3.90. The van der Waals surface area contributed by atoms with Crippen LogP contribution in [0.4, 0.5) is 5.82 Å². The Bertz CT molecular complexity index is 365. The zero-order chi connectivity index (χ0) is 12.7. The van der Waals surface area contributed by atoms with Crippen molar-refractivity contribution in [1.82, 2.24) is 4.98 Å². The Hall–Kier alpha value is -1.60. The quantitative estimate of drug-likeness (QED) is 0.815. The highest BCUT2D eigenvalue weighted by Gasteiger charge is 2.16. The van der Waals surface area contributed by atoms with Crippen molar-refractivity contribution in [2.24, 2.45) is 0 Å². The highest BCUT2D eigenvalue weighted by Crippen LogP contribution is 2.17. The lowest BCUT2D eigenvalue weighted by molar-refractivity contribution is 0.295. The zero-order valence-electron chi connectivity index (χ0n) is 10.4. The van der Waals surface area contributed by atoms with Gasteiger partial charge in [-0.3, -0.25) is 0 Å². The average Bonchev–Trinajstić information content (AvgIpc) is 2.39. The molecule has 1 rings (SSSR count). The number of hydrogen-bond donors (Lipinski definition) is 1. The molecule has 0 amide bonds. The molecule has 4 nitrogen and oxygen atoms in total. The first-order valence-corrected chi connectivity index (χ1v) is 6.00. The Balaban J connectivity index is 2.92. The fourth-order valence-corrected chi connectivity index (χ4v) is 1.94. The Labute approximate surface area is 103 Å². The molecule has 0 fully saturated rings. The lowest BCUT2D eigenvalue weighted by Crippen LogP contribution is -2.37. The number of pyridine rings is 1. The number of hydrogen-bond acceptors (Lipinski definition) is 4. The molecule has 0 radical (unpaired) electrons. The summed E-state index contributed by atoms with van der Waals surface area (Å²) in [6, 6.07) is 6.03. The Morgan fingerprint density at radius 3 is 2.53 bits per heavy atom. The summed E-state index contributed by atoms with van der Waals surface area (Å²) in [5, 5.41) is 17.8. The molecule has 0 unspecified atom stereocenters. The maximum atomic E-state index is 9.12. The Morgan fingerprint density at radius 2 is 2.12 bits per heavy atom. The van der Waals surface area contributed by atoms with Crippen LogP contribution in [-0.4, -0.2) is 29.3 Å². The third-order valence-electron chi connectivity index (χ3n) is 2.90. The zero-order valence-corrected chi connectivity index (χ0v) is 10.4. The van der Waals surface area contributed by atoms with E-state index in [4.69, 9.17) is 10.4 Å². The molecule has 0 saturated heterocycles. The fraction of sp³-hybridized carbons (Fsp3) is 0.538. The summed E-state index contributed by atoms with van der Waals surface area (Å²) in [5.41, 5.74) is 0.558. The lowest BCUT2D eigenvalue weighted by atomic mass is 10.1. The molecule has 0 aromatic carbocycles. The number of anilines is 1. The van der Waals surface area contributed by atoms with Gasteiger partial charge in [0.1, 0.15) is 11.9 Å². The van der Waals surface area contributed by atoms with Crippen molar-refractivity contribution in [3.05, 3.63) is 23.9 Å². The van der Waals surface area contributed by atoms with Gasteiger partial charge < -0.3 is 10.0 Å². The van der Waals surface area contributed by atoms with Gasteiger partial charge in [0, 0.05) is 18.8 Å². The van der Waals surface area contributed by atoms with Gasteiger partial charge in [-0.25, -0.2) is 4.98 Å². The SMILES string of the molecule is CCC(CC)N(CCO)c1ccc(C#N)cn1. The smallest absolute Gasteiger partial charge is 0.128 e. The van der Waals surface area contributed by atoms with Gasteiger partial charge in [-0.2, -0.15) is 5.26 Å². The Kier molecular flexibility index (Phi) is 5.44. The maximum absolute atomic E-state index is 9.12. The van der Waals surface area contributed by atoms with Crippen molar-refractivity contribution in [3.63, 3.8) is 0 Å². The monoisotopic (exact) mass is 233 g/mol. The molecule has 0 saturated carbocycles. The number of aromatic nitrogens is 1. The van der Waals surface area contributed by atoms with Crippen LogP contribution in [0, 0.1) is 11.3 Å². The topological polar surface area (TPSA) is 60.1 Å². The number of aliphatic hydroxyl groups is 1. The van der Waals surface area contributed by atoms with E-state index in [1.54, 1.807) is 12.3 Å². The number of nitriles is 1. The third-order valence-corrected chi connectivity index (χ3v) is 2.90. The first-order valence-electron chi connectivity index (χ1n) is 6.00. The van der Waals surface area contributed by atoms with E-state index in [0.29, 0.717) is 18.2 Å². The molecule has 1 aromatic heterocycles. The van der Waals surface area contributed by atoms with E-state index in [1.165, 1.54) is 0 Å². The van der Waals surface area contributed by atoms with Crippen molar-refractivity contribution in [2.45, 2.75) is 32.7 Å². The standard InChI is InChI=1S/C13H19N3O/c1-3-12(4-2)16(7-8-17)13-6-5-11(9-14)10-15-13/h5-6,10,12,17H,3-4,7-8H2,1-2H3. The van der Waals surface area contributed by atoms with E-state index in [1.807, 2.05) is 6.07 Å². The first-order chi connectivity index (χ1) is 8.26. The summed E-state index contributed by atoms with van der Waals surface area (Å²) in [6.07, 6.45) is 3.60. The summed E-state index contributed by atoms with van der Waals surface area (Å²) in [5.74, 6) is 0.826. The van der Waals surface area contributed by atoms with Gasteiger partial charge in [-0.1, -0.05) is 13.8 Å². The Morgan fingerprint density at radius 1 is 1.41 bits per heavy atom. The minimum atomic E-state index is 0.109. The molecule has 0 atom stereocenters. The van der Waals surface area contributed by atoms with Gasteiger partial charge in [-0.05, 0) is 25.0 Å². The molecular weight excluding hydrogens is 214 g/mol. The molecule has 4 heteroatoms. The fourth-order valence-electron chi connectivity index (χ4n) is 1.94. The summed E-state index contributed by atoms with van der Waals surface area (Å²) >= 11 is 0. The van der Waals surface area contributed by atoms with Crippen LogP contribution in [0.3, 0.4) is 0 Å². The molecule has 0 aliphatic rings. The highest BCUT2D eigenvalue weighted by atomic mass is 16.3. The summed E-state index contributed by atoms with van der Waals surface area (Å²) < 4.78 is 0. The van der Waals surface area contributed by atoms with Crippen LogP contribution in [0.1, 0.15) is 32.3 Å². The largest absolute Gasteiger partial charge is 0.395 e. The van der Waals surface area contributed by atoms with Gasteiger partial charge in [-0.15, -0.1) is 0 Å². The highest BCUT2D eigenvalue weighted by molar-refractivity contribution is 5.42. The molecule has 0 bridgehead atoms.